The average Bonchev–Trinajstić information content (AvgIpc) is 3.09. The Labute approximate surface area is 129 Å². The normalized spacial score (nSPS) is 22.0. The first-order valence-corrected chi connectivity index (χ1v) is 7.69. The van der Waals surface area contributed by atoms with Crippen LogP contribution in [0, 0.1) is 11.7 Å². The minimum Gasteiger partial charge on any atom is -0.339 e. The first kappa shape index (κ1) is 15.0. The van der Waals surface area contributed by atoms with Crippen LogP contribution in [0.2, 0.25) is 0 Å². The summed E-state index contributed by atoms with van der Waals surface area (Å²) in [6, 6.07) is 5.58. The molecule has 1 unspecified atom stereocenters. The van der Waals surface area contributed by atoms with Gasteiger partial charge in [0.15, 0.2) is 0 Å². The largest absolute Gasteiger partial charge is 0.339 e. The van der Waals surface area contributed by atoms with Crippen LogP contribution in [0.15, 0.2) is 24.3 Å². The number of rotatable bonds is 2. The van der Waals surface area contributed by atoms with Gasteiger partial charge in [0.2, 0.25) is 5.91 Å². The van der Waals surface area contributed by atoms with E-state index < -0.39 is 0 Å². The highest BCUT2D eigenvalue weighted by molar-refractivity contribution is 5.94. The summed E-state index contributed by atoms with van der Waals surface area (Å²) in [6.07, 6.45) is 0.896. The van der Waals surface area contributed by atoms with Crippen molar-refractivity contribution in [3.8, 4) is 0 Å². The Bertz CT molecular complexity index is 547. The number of nitrogens with one attached hydrogen (secondary N) is 1. The number of hydrogen-bond donors (Lipinski definition) is 1. The second-order valence-corrected chi connectivity index (χ2v) is 5.81. The number of benzene rings is 1. The summed E-state index contributed by atoms with van der Waals surface area (Å²) in [5.74, 6) is -0.176. The number of piperazine rings is 1. The summed E-state index contributed by atoms with van der Waals surface area (Å²) < 4.78 is 12.9. The van der Waals surface area contributed by atoms with Gasteiger partial charge < -0.3 is 15.1 Å². The van der Waals surface area contributed by atoms with E-state index in [2.05, 4.69) is 5.32 Å². The zero-order valence-corrected chi connectivity index (χ0v) is 12.4. The summed E-state index contributed by atoms with van der Waals surface area (Å²) in [7, 11) is 0. The van der Waals surface area contributed by atoms with Crippen LogP contribution >= 0.6 is 0 Å². The lowest BCUT2D eigenvalue weighted by Crippen LogP contribution is -2.52. The van der Waals surface area contributed by atoms with Gasteiger partial charge in [-0.05, 0) is 37.2 Å². The summed E-state index contributed by atoms with van der Waals surface area (Å²) in [6.45, 7) is 3.86. The summed E-state index contributed by atoms with van der Waals surface area (Å²) in [4.78, 5) is 28.2. The third kappa shape index (κ3) is 3.11. The van der Waals surface area contributed by atoms with Crippen LogP contribution in [-0.2, 0) is 4.79 Å². The Kier molecular flexibility index (Phi) is 4.38. The van der Waals surface area contributed by atoms with Crippen LogP contribution in [0.5, 0.6) is 0 Å². The van der Waals surface area contributed by atoms with Crippen molar-refractivity contribution in [1.29, 1.82) is 0 Å². The maximum atomic E-state index is 12.9. The van der Waals surface area contributed by atoms with E-state index in [1.54, 1.807) is 4.90 Å². The summed E-state index contributed by atoms with van der Waals surface area (Å²) in [5.41, 5.74) is 0.487. The molecule has 1 aromatic carbocycles. The van der Waals surface area contributed by atoms with Gasteiger partial charge >= 0.3 is 0 Å². The molecule has 6 heteroatoms. The molecule has 22 heavy (non-hydrogen) atoms. The standard InChI is InChI=1S/C16H20FN3O2/c17-14-3-1-12(2-4-14)15(21)19-7-9-20(10-8-19)16(22)13-5-6-18-11-13/h1-4,13,18H,5-11H2. The molecule has 3 rings (SSSR count). The Balaban J connectivity index is 1.56. The number of halogens is 1. The molecule has 2 fully saturated rings. The van der Waals surface area contributed by atoms with E-state index in [0.29, 0.717) is 31.7 Å². The highest BCUT2D eigenvalue weighted by Gasteiger charge is 2.30. The fourth-order valence-corrected chi connectivity index (χ4v) is 3.03. The van der Waals surface area contributed by atoms with Crippen molar-refractivity contribution in [2.75, 3.05) is 39.3 Å². The number of nitrogens with zero attached hydrogens (tertiary/aromatic N) is 2. The summed E-state index contributed by atoms with van der Waals surface area (Å²) >= 11 is 0. The zero-order chi connectivity index (χ0) is 15.5. The van der Waals surface area contributed by atoms with Gasteiger partial charge in [-0.25, -0.2) is 4.39 Å². The van der Waals surface area contributed by atoms with Gasteiger partial charge in [0.05, 0.1) is 5.92 Å². The van der Waals surface area contributed by atoms with E-state index in [0.717, 1.165) is 19.5 Å². The topological polar surface area (TPSA) is 52.7 Å². The molecule has 2 amide bonds. The van der Waals surface area contributed by atoms with Gasteiger partial charge in [-0.2, -0.15) is 0 Å². The third-order valence-electron chi connectivity index (χ3n) is 4.38. The molecule has 5 nitrogen and oxygen atoms in total. The van der Waals surface area contributed by atoms with Crippen LogP contribution in [0.1, 0.15) is 16.8 Å². The second-order valence-electron chi connectivity index (χ2n) is 5.81. The minimum absolute atomic E-state index is 0.0827. The summed E-state index contributed by atoms with van der Waals surface area (Å²) in [5, 5.41) is 3.20. The van der Waals surface area contributed by atoms with Crippen molar-refractivity contribution in [2.45, 2.75) is 6.42 Å². The second kappa shape index (κ2) is 6.44. The predicted octanol–water partition coefficient (Wildman–Crippen LogP) is 0.720. The molecule has 2 heterocycles. The molecule has 2 aliphatic rings. The van der Waals surface area contributed by atoms with Gasteiger partial charge in [0, 0.05) is 38.3 Å². The molecular weight excluding hydrogens is 285 g/mol. The van der Waals surface area contributed by atoms with Crippen molar-refractivity contribution in [1.82, 2.24) is 15.1 Å². The Hall–Kier alpha value is -1.95. The van der Waals surface area contributed by atoms with E-state index in [1.807, 2.05) is 4.90 Å². The Morgan fingerprint density at radius 2 is 1.68 bits per heavy atom. The van der Waals surface area contributed by atoms with Crippen LogP contribution < -0.4 is 5.32 Å². The molecule has 2 saturated heterocycles. The van der Waals surface area contributed by atoms with Crippen LogP contribution in [-0.4, -0.2) is 60.9 Å². The van der Waals surface area contributed by atoms with Crippen molar-refractivity contribution >= 4 is 11.8 Å². The van der Waals surface area contributed by atoms with Crippen molar-refractivity contribution in [3.63, 3.8) is 0 Å². The van der Waals surface area contributed by atoms with Crippen molar-refractivity contribution in [3.05, 3.63) is 35.6 Å². The molecule has 1 N–H and O–H groups in total. The van der Waals surface area contributed by atoms with Crippen LogP contribution in [0.4, 0.5) is 4.39 Å². The smallest absolute Gasteiger partial charge is 0.253 e. The fraction of sp³-hybridized carbons (Fsp3) is 0.500. The van der Waals surface area contributed by atoms with Gasteiger partial charge in [-0.15, -0.1) is 0 Å². The highest BCUT2D eigenvalue weighted by atomic mass is 19.1. The van der Waals surface area contributed by atoms with E-state index >= 15 is 0 Å². The zero-order valence-electron chi connectivity index (χ0n) is 12.4. The maximum absolute atomic E-state index is 12.9. The fourth-order valence-electron chi connectivity index (χ4n) is 3.03. The monoisotopic (exact) mass is 305 g/mol. The SMILES string of the molecule is O=C(c1ccc(F)cc1)N1CCN(C(=O)C2CCNC2)CC1. The molecule has 0 radical (unpaired) electrons. The quantitative estimate of drug-likeness (QED) is 0.876. The lowest BCUT2D eigenvalue weighted by atomic mass is 10.1. The minimum atomic E-state index is -0.350. The van der Waals surface area contributed by atoms with Gasteiger partial charge in [-0.1, -0.05) is 0 Å². The predicted molar refractivity (Wildman–Crippen MR) is 79.9 cm³/mol. The van der Waals surface area contributed by atoms with Crippen LogP contribution in [0.3, 0.4) is 0 Å². The molecule has 2 aliphatic heterocycles. The molecule has 0 aromatic heterocycles. The first-order valence-electron chi connectivity index (χ1n) is 7.69. The molecule has 118 valence electrons. The third-order valence-corrected chi connectivity index (χ3v) is 4.38. The Morgan fingerprint density at radius 3 is 2.27 bits per heavy atom. The van der Waals surface area contributed by atoms with Crippen molar-refractivity contribution < 1.29 is 14.0 Å². The molecule has 0 bridgehead atoms. The first-order chi connectivity index (χ1) is 10.6. The van der Waals surface area contributed by atoms with Gasteiger partial charge in [-0.3, -0.25) is 9.59 Å². The molecule has 0 aliphatic carbocycles. The highest BCUT2D eigenvalue weighted by Crippen LogP contribution is 2.15. The number of hydrogen-bond acceptors (Lipinski definition) is 3. The Morgan fingerprint density at radius 1 is 1.05 bits per heavy atom. The molecule has 0 saturated carbocycles. The average molecular weight is 305 g/mol. The van der Waals surface area contributed by atoms with E-state index in [4.69, 9.17) is 0 Å². The maximum Gasteiger partial charge on any atom is 0.253 e. The van der Waals surface area contributed by atoms with E-state index in [9.17, 15) is 14.0 Å². The lowest BCUT2D eigenvalue weighted by Gasteiger charge is -2.36. The van der Waals surface area contributed by atoms with Crippen LogP contribution in [0.25, 0.3) is 0 Å². The number of carbonyl (C=O) groups is 2. The van der Waals surface area contributed by atoms with Crippen molar-refractivity contribution in [2.24, 2.45) is 5.92 Å². The number of carbonyl (C=O) groups excluding carboxylic acids is 2. The van der Waals surface area contributed by atoms with E-state index in [-0.39, 0.29) is 23.5 Å². The number of amides is 2. The van der Waals surface area contributed by atoms with E-state index in [1.165, 1.54) is 24.3 Å². The molecular formula is C16H20FN3O2. The molecule has 0 spiro atoms. The molecule has 1 atom stereocenters. The van der Waals surface area contributed by atoms with Gasteiger partial charge in [0.25, 0.3) is 5.91 Å². The molecule has 1 aromatic rings. The van der Waals surface area contributed by atoms with Gasteiger partial charge in [0.1, 0.15) is 5.82 Å². The lowest BCUT2D eigenvalue weighted by molar-refractivity contribution is -0.136.